The summed E-state index contributed by atoms with van der Waals surface area (Å²) in [6, 6.07) is 3.74. The molecule has 90 valence electrons. The molecule has 5 nitrogen and oxygen atoms in total. The first kappa shape index (κ1) is 11.6. The standard InChI is InChI=1S/C12H16N4O/c1-7-3-8(5-10(14-2)12(13)17)4-9-6-15-16-11(7)9/h3-4,6,10,14H,5H2,1-2H3,(H2,13,17)(H,15,16). The summed E-state index contributed by atoms with van der Waals surface area (Å²) < 4.78 is 0. The molecule has 1 heterocycles. The lowest BCUT2D eigenvalue weighted by molar-refractivity contribution is -0.119. The van der Waals surface area contributed by atoms with Crippen molar-refractivity contribution in [1.29, 1.82) is 0 Å². The highest BCUT2D eigenvalue weighted by Crippen LogP contribution is 2.18. The molecule has 0 aliphatic carbocycles. The van der Waals surface area contributed by atoms with E-state index in [1.165, 1.54) is 0 Å². The Hall–Kier alpha value is -1.88. The molecule has 5 heteroatoms. The second-order valence-corrected chi connectivity index (χ2v) is 4.19. The van der Waals surface area contributed by atoms with Crippen molar-refractivity contribution in [2.45, 2.75) is 19.4 Å². The maximum Gasteiger partial charge on any atom is 0.234 e. The number of hydrogen-bond acceptors (Lipinski definition) is 3. The number of benzene rings is 1. The number of fused-ring (bicyclic) bond motifs is 1. The Bertz CT molecular complexity index is 546. The van der Waals surface area contributed by atoms with E-state index < -0.39 is 0 Å². The minimum atomic E-state index is -0.336. The zero-order valence-electron chi connectivity index (χ0n) is 9.95. The van der Waals surface area contributed by atoms with Gasteiger partial charge in [-0.2, -0.15) is 5.10 Å². The van der Waals surface area contributed by atoms with Gasteiger partial charge in [0.15, 0.2) is 0 Å². The van der Waals surface area contributed by atoms with Crippen LogP contribution in [0.4, 0.5) is 0 Å². The highest BCUT2D eigenvalue weighted by molar-refractivity contribution is 5.83. The predicted octanol–water partition coefficient (Wildman–Crippen LogP) is 0.487. The van der Waals surface area contributed by atoms with E-state index >= 15 is 0 Å². The van der Waals surface area contributed by atoms with Gasteiger partial charge in [0, 0.05) is 5.39 Å². The Morgan fingerprint density at radius 1 is 1.59 bits per heavy atom. The third kappa shape index (κ3) is 2.29. The summed E-state index contributed by atoms with van der Waals surface area (Å²) in [5.74, 6) is -0.336. The third-order valence-corrected chi connectivity index (χ3v) is 2.94. The van der Waals surface area contributed by atoms with Gasteiger partial charge in [0.25, 0.3) is 0 Å². The predicted molar refractivity (Wildman–Crippen MR) is 66.6 cm³/mol. The molecule has 0 radical (unpaired) electrons. The molecule has 2 aromatic rings. The maximum atomic E-state index is 11.2. The molecule has 0 aliphatic rings. The second-order valence-electron chi connectivity index (χ2n) is 4.19. The Morgan fingerprint density at radius 2 is 2.35 bits per heavy atom. The molecule has 0 saturated carbocycles. The summed E-state index contributed by atoms with van der Waals surface area (Å²) in [4.78, 5) is 11.2. The molecule has 1 amide bonds. The number of aryl methyl sites for hydroxylation is 1. The zero-order valence-corrected chi connectivity index (χ0v) is 9.95. The van der Waals surface area contributed by atoms with Crippen LogP contribution in [0, 0.1) is 6.92 Å². The number of H-pyrrole nitrogens is 1. The molecule has 2 rings (SSSR count). The van der Waals surface area contributed by atoms with Gasteiger partial charge in [0.1, 0.15) is 0 Å². The van der Waals surface area contributed by atoms with Gasteiger partial charge in [0.2, 0.25) is 5.91 Å². The summed E-state index contributed by atoms with van der Waals surface area (Å²) >= 11 is 0. The molecule has 0 spiro atoms. The van der Waals surface area contributed by atoms with Crippen LogP contribution >= 0.6 is 0 Å². The Morgan fingerprint density at radius 3 is 3.00 bits per heavy atom. The number of carbonyl (C=O) groups is 1. The van der Waals surface area contributed by atoms with Gasteiger partial charge in [0.05, 0.1) is 17.8 Å². The number of primary amides is 1. The van der Waals surface area contributed by atoms with E-state index in [9.17, 15) is 4.79 Å². The average molecular weight is 232 g/mol. The fourth-order valence-corrected chi connectivity index (χ4v) is 2.01. The Kier molecular flexibility index (Phi) is 3.10. The van der Waals surface area contributed by atoms with Gasteiger partial charge >= 0.3 is 0 Å². The quantitative estimate of drug-likeness (QED) is 0.717. The second kappa shape index (κ2) is 4.55. The van der Waals surface area contributed by atoms with E-state index in [2.05, 4.69) is 15.5 Å². The van der Waals surface area contributed by atoms with E-state index in [4.69, 9.17) is 5.73 Å². The molecule has 0 saturated heterocycles. The van der Waals surface area contributed by atoms with Gasteiger partial charge < -0.3 is 11.1 Å². The van der Waals surface area contributed by atoms with Crippen molar-refractivity contribution in [2.24, 2.45) is 5.73 Å². The minimum Gasteiger partial charge on any atom is -0.368 e. The summed E-state index contributed by atoms with van der Waals surface area (Å²) in [6.07, 6.45) is 2.37. The molecule has 1 unspecified atom stereocenters. The van der Waals surface area contributed by atoms with Crippen LogP contribution < -0.4 is 11.1 Å². The zero-order chi connectivity index (χ0) is 12.4. The number of rotatable bonds is 4. The van der Waals surface area contributed by atoms with Gasteiger partial charge in [-0.15, -0.1) is 0 Å². The van der Waals surface area contributed by atoms with E-state index in [1.54, 1.807) is 13.2 Å². The number of likely N-dealkylation sites (N-methyl/N-ethyl adjacent to an activating group) is 1. The number of aromatic amines is 1. The first-order valence-corrected chi connectivity index (χ1v) is 5.51. The van der Waals surface area contributed by atoms with Crippen LogP contribution in [0.25, 0.3) is 10.9 Å². The highest BCUT2D eigenvalue weighted by atomic mass is 16.1. The summed E-state index contributed by atoms with van der Waals surface area (Å²) in [5.41, 5.74) is 8.54. The van der Waals surface area contributed by atoms with E-state index in [0.29, 0.717) is 6.42 Å². The number of nitrogens with zero attached hydrogens (tertiary/aromatic N) is 1. The lowest BCUT2D eigenvalue weighted by Gasteiger charge is -2.12. The monoisotopic (exact) mass is 232 g/mol. The van der Waals surface area contributed by atoms with Crippen LogP contribution in [0.2, 0.25) is 0 Å². The summed E-state index contributed by atoms with van der Waals surface area (Å²) in [7, 11) is 1.73. The van der Waals surface area contributed by atoms with Gasteiger partial charge in [-0.3, -0.25) is 9.89 Å². The number of carbonyl (C=O) groups excluding carboxylic acids is 1. The van der Waals surface area contributed by atoms with Crippen molar-refractivity contribution in [3.63, 3.8) is 0 Å². The number of aromatic nitrogens is 2. The number of nitrogens with two attached hydrogens (primary N) is 1. The average Bonchev–Trinajstić information content (AvgIpc) is 2.74. The van der Waals surface area contributed by atoms with E-state index in [0.717, 1.165) is 22.0 Å². The van der Waals surface area contributed by atoms with Crippen LogP contribution in [0.1, 0.15) is 11.1 Å². The summed E-state index contributed by atoms with van der Waals surface area (Å²) in [6.45, 7) is 2.02. The molecule has 4 N–H and O–H groups in total. The molecule has 0 bridgehead atoms. The minimum absolute atomic E-state index is 0.334. The largest absolute Gasteiger partial charge is 0.368 e. The third-order valence-electron chi connectivity index (χ3n) is 2.94. The molecule has 17 heavy (non-hydrogen) atoms. The molecular formula is C12H16N4O. The van der Waals surface area contributed by atoms with Crippen molar-refractivity contribution in [2.75, 3.05) is 7.05 Å². The number of amides is 1. The van der Waals surface area contributed by atoms with Crippen molar-refractivity contribution in [1.82, 2.24) is 15.5 Å². The fourth-order valence-electron chi connectivity index (χ4n) is 2.01. The Balaban J connectivity index is 2.32. The van der Waals surface area contributed by atoms with Crippen molar-refractivity contribution < 1.29 is 4.79 Å². The topological polar surface area (TPSA) is 83.8 Å². The molecule has 1 aromatic heterocycles. The SMILES string of the molecule is CNC(Cc1cc(C)c2[nH]ncc2c1)C(N)=O. The lowest BCUT2D eigenvalue weighted by Crippen LogP contribution is -2.40. The Labute approximate surface area is 99.4 Å². The molecule has 1 atom stereocenters. The van der Waals surface area contributed by atoms with Gasteiger partial charge in [-0.1, -0.05) is 6.07 Å². The lowest BCUT2D eigenvalue weighted by atomic mass is 10.0. The van der Waals surface area contributed by atoms with Crippen LogP contribution in [-0.4, -0.2) is 29.2 Å². The normalized spacial score (nSPS) is 12.8. The van der Waals surface area contributed by atoms with Gasteiger partial charge in [-0.05, 0) is 37.6 Å². The number of hydrogen-bond donors (Lipinski definition) is 3. The molecule has 1 aromatic carbocycles. The van der Waals surface area contributed by atoms with Crippen LogP contribution in [0.15, 0.2) is 18.3 Å². The first-order chi connectivity index (χ1) is 8.11. The van der Waals surface area contributed by atoms with Crippen LogP contribution in [-0.2, 0) is 11.2 Å². The smallest absolute Gasteiger partial charge is 0.234 e. The van der Waals surface area contributed by atoms with Crippen LogP contribution in [0.3, 0.4) is 0 Å². The molecule has 0 fully saturated rings. The molecule has 0 aliphatic heterocycles. The first-order valence-electron chi connectivity index (χ1n) is 5.51. The van der Waals surface area contributed by atoms with E-state index in [1.807, 2.05) is 19.1 Å². The highest BCUT2D eigenvalue weighted by Gasteiger charge is 2.14. The van der Waals surface area contributed by atoms with Crippen molar-refractivity contribution in [3.05, 3.63) is 29.5 Å². The number of nitrogens with one attached hydrogen (secondary N) is 2. The van der Waals surface area contributed by atoms with Crippen LogP contribution in [0.5, 0.6) is 0 Å². The molecular weight excluding hydrogens is 216 g/mol. The van der Waals surface area contributed by atoms with E-state index in [-0.39, 0.29) is 11.9 Å². The van der Waals surface area contributed by atoms with Crippen molar-refractivity contribution >= 4 is 16.8 Å². The van der Waals surface area contributed by atoms with Gasteiger partial charge in [-0.25, -0.2) is 0 Å². The van der Waals surface area contributed by atoms with Crippen molar-refractivity contribution in [3.8, 4) is 0 Å². The maximum absolute atomic E-state index is 11.2. The summed E-state index contributed by atoms with van der Waals surface area (Å²) in [5, 5.41) is 10.9. The fraction of sp³-hybridized carbons (Fsp3) is 0.333.